The first-order valence-electron chi connectivity index (χ1n) is 15.4. The van der Waals surface area contributed by atoms with Crippen molar-refractivity contribution in [3.63, 3.8) is 0 Å². The molecule has 2 fully saturated rings. The van der Waals surface area contributed by atoms with Gasteiger partial charge in [0.15, 0.2) is 0 Å². The fourth-order valence-corrected chi connectivity index (χ4v) is 6.07. The lowest BCUT2D eigenvalue weighted by molar-refractivity contribution is 0.0342. The Labute approximate surface area is 251 Å². The van der Waals surface area contributed by atoms with E-state index in [0.717, 1.165) is 87.3 Å². The molecular weight excluding hydrogens is 530 g/mol. The van der Waals surface area contributed by atoms with Crippen molar-refractivity contribution in [2.75, 3.05) is 38.7 Å². The number of carbonyl (C=O) groups excluding carboxylic acids is 2. The van der Waals surface area contributed by atoms with Gasteiger partial charge in [-0.2, -0.15) is 0 Å². The quantitative estimate of drug-likeness (QED) is 0.326. The summed E-state index contributed by atoms with van der Waals surface area (Å²) < 4.78 is 16.1. The number of methoxy groups -OCH3 is 1. The number of alkyl carbamates (subject to hydrolysis) is 1. The minimum atomic E-state index is -0.501. The van der Waals surface area contributed by atoms with Crippen molar-refractivity contribution >= 4 is 17.7 Å². The Bertz CT molecular complexity index is 1190. The van der Waals surface area contributed by atoms with Crippen LogP contribution in [0.1, 0.15) is 81.3 Å². The molecule has 0 aromatic heterocycles. The molecule has 8 heteroatoms. The second kappa shape index (κ2) is 14.4. The van der Waals surface area contributed by atoms with Crippen molar-refractivity contribution in [2.24, 2.45) is 5.92 Å². The number of nitrogens with one attached hydrogen (secondary N) is 2. The van der Waals surface area contributed by atoms with Crippen molar-refractivity contribution in [3.05, 3.63) is 53.1 Å². The van der Waals surface area contributed by atoms with Crippen LogP contribution in [0, 0.1) is 12.8 Å². The number of amides is 1. The van der Waals surface area contributed by atoms with Crippen molar-refractivity contribution in [1.82, 2.24) is 10.2 Å². The van der Waals surface area contributed by atoms with Gasteiger partial charge in [0.05, 0.1) is 25.9 Å². The first-order chi connectivity index (χ1) is 20.1. The maximum Gasteiger partial charge on any atom is 0.407 e. The zero-order valence-electron chi connectivity index (χ0n) is 26.3. The van der Waals surface area contributed by atoms with Crippen LogP contribution in [0.15, 0.2) is 36.4 Å². The number of esters is 1. The van der Waals surface area contributed by atoms with E-state index in [1.807, 2.05) is 33.8 Å². The molecule has 1 amide bonds. The molecule has 1 atom stereocenters. The number of morpholine rings is 1. The number of benzene rings is 2. The zero-order valence-corrected chi connectivity index (χ0v) is 26.3. The van der Waals surface area contributed by atoms with Crippen LogP contribution < -0.4 is 10.6 Å². The second-order valence-electron chi connectivity index (χ2n) is 12.7. The molecule has 1 saturated heterocycles. The topological polar surface area (TPSA) is 89.1 Å². The molecule has 8 nitrogen and oxygen atoms in total. The largest absolute Gasteiger partial charge is 0.465 e. The average Bonchev–Trinajstić information content (AvgIpc) is 2.96. The Morgan fingerprint density at radius 3 is 2.29 bits per heavy atom. The third kappa shape index (κ3) is 8.71. The Morgan fingerprint density at radius 1 is 1.02 bits per heavy atom. The van der Waals surface area contributed by atoms with Gasteiger partial charge in [0.25, 0.3) is 0 Å². The second-order valence-corrected chi connectivity index (χ2v) is 12.7. The molecule has 42 heavy (non-hydrogen) atoms. The lowest BCUT2D eigenvalue weighted by Gasteiger charge is -2.35. The molecule has 2 aromatic rings. The molecule has 1 aliphatic heterocycles. The first-order valence-corrected chi connectivity index (χ1v) is 15.4. The summed E-state index contributed by atoms with van der Waals surface area (Å²) in [5.41, 5.74) is 5.26. The van der Waals surface area contributed by atoms with Gasteiger partial charge in [-0.1, -0.05) is 31.2 Å². The van der Waals surface area contributed by atoms with Crippen LogP contribution in [0.4, 0.5) is 10.5 Å². The number of rotatable bonds is 9. The third-order valence-electron chi connectivity index (χ3n) is 8.45. The van der Waals surface area contributed by atoms with Gasteiger partial charge in [-0.3, -0.25) is 4.90 Å². The fourth-order valence-electron chi connectivity index (χ4n) is 6.07. The Kier molecular flexibility index (Phi) is 10.9. The van der Waals surface area contributed by atoms with Gasteiger partial charge in [0.1, 0.15) is 5.60 Å². The summed E-state index contributed by atoms with van der Waals surface area (Å²) in [5, 5.41) is 6.86. The van der Waals surface area contributed by atoms with Gasteiger partial charge in [-0.25, -0.2) is 9.59 Å². The van der Waals surface area contributed by atoms with E-state index < -0.39 is 5.60 Å². The molecular formula is C34H49N3O5. The Morgan fingerprint density at radius 2 is 1.69 bits per heavy atom. The Balaban J connectivity index is 1.47. The van der Waals surface area contributed by atoms with Crippen LogP contribution in [-0.4, -0.2) is 68.1 Å². The van der Waals surface area contributed by atoms with Crippen LogP contribution in [0.3, 0.4) is 0 Å². The number of anilines is 1. The van der Waals surface area contributed by atoms with E-state index in [1.165, 1.54) is 12.7 Å². The van der Waals surface area contributed by atoms with Crippen LogP contribution in [-0.2, 0) is 20.8 Å². The van der Waals surface area contributed by atoms with Gasteiger partial charge >= 0.3 is 12.1 Å². The molecule has 2 N–H and O–H groups in total. The molecule has 0 spiro atoms. The highest BCUT2D eigenvalue weighted by molar-refractivity contribution is 5.95. The van der Waals surface area contributed by atoms with Gasteiger partial charge in [0.2, 0.25) is 0 Å². The molecule has 2 aromatic carbocycles. The average molecular weight is 580 g/mol. The van der Waals surface area contributed by atoms with Crippen LogP contribution in [0.25, 0.3) is 11.1 Å². The monoisotopic (exact) mass is 579 g/mol. The lowest BCUT2D eigenvalue weighted by atomic mass is 9.80. The molecule has 230 valence electrons. The van der Waals surface area contributed by atoms with Crippen molar-refractivity contribution in [2.45, 2.75) is 91.0 Å². The predicted octanol–water partition coefficient (Wildman–Crippen LogP) is 6.55. The van der Waals surface area contributed by atoms with E-state index in [1.54, 1.807) is 0 Å². The molecule has 4 rings (SSSR count). The van der Waals surface area contributed by atoms with Crippen LogP contribution in [0.2, 0.25) is 0 Å². The first kappa shape index (κ1) is 31.8. The molecule has 0 bridgehead atoms. The number of hydrogen-bond acceptors (Lipinski definition) is 7. The maximum absolute atomic E-state index is 12.8. The SMILES string of the molecule is CCC(Nc1cc(-c2ccc(CN3CCOCC3)cc2)cc(C(=O)OC)c1C)C1CCC(NC(=O)OC(C)(C)C)CC1. The number of hydrogen-bond donors (Lipinski definition) is 2. The molecule has 1 aliphatic carbocycles. The summed E-state index contributed by atoms with van der Waals surface area (Å²) >= 11 is 0. The highest BCUT2D eigenvalue weighted by Crippen LogP contribution is 2.34. The van der Waals surface area contributed by atoms with E-state index in [2.05, 4.69) is 52.8 Å². The van der Waals surface area contributed by atoms with E-state index >= 15 is 0 Å². The van der Waals surface area contributed by atoms with Crippen molar-refractivity contribution in [1.29, 1.82) is 0 Å². The lowest BCUT2D eigenvalue weighted by Crippen LogP contribution is -2.42. The highest BCUT2D eigenvalue weighted by Gasteiger charge is 2.29. The number of carbonyl (C=O) groups is 2. The Hall–Kier alpha value is -3.10. The zero-order chi connectivity index (χ0) is 30.3. The van der Waals surface area contributed by atoms with E-state index in [-0.39, 0.29) is 24.1 Å². The summed E-state index contributed by atoms with van der Waals surface area (Å²) in [4.78, 5) is 27.5. The minimum absolute atomic E-state index is 0.135. The summed E-state index contributed by atoms with van der Waals surface area (Å²) in [6, 6.07) is 13.1. The molecule has 0 radical (unpaired) electrons. The van der Waals surface area contributed by atoms with E-state index in [9.17, 15) is 9.59 Å². The van der Waals surface area contributed by atoms with Gasteiger partial charge < -0.3 is 24.8 Å². The maximum atomic E-state index is 12.8. The van der Waals surface area contributed by atoms with Crippen molar-refractivity contribution in [3.8, 4) is 11.1 Å². The van der Waals surface area contributed by atoms with Gasteiger partial charge in [-0.05, 0) is 100 Å². The number of nitrogens with zero attached hydrogens (tertiary/aromatic N) is 1. The van der Waals surface area contributed by atoms with Crippen LogP contribution in [0.5, 0.6) is 0 Å². The van der Waals surface area contributed by atoms with E-state index in [0.29, 0.717) is 11.5 Å². The molecule has 1 unspecified atom stereocenters. The fraction of sp³-hybridized carbons (Fsp3) is 0.588. The predicted molar refractivity (Wildman–Crippen MR) is 167 cm³/mol. The summed E-state index contributed by atoms with van der Waals surface area (Å²) in [5.74, 6) is 0.138. The van der Waals surface area contributed by atoms with E-state index in [4.69, 9.17) is 14.2 Å². The van der Waals surface area contributed by atoms with Crippen molar-refractivity contribution < 1.29 is 23.8 Å². The minimum Gasteiger partial charge on any atom is -0.465 e. The normalized spacial score (nSPS) is 20.4. The summed E-state index contributed by atoms with van der Waals surface area (Å²) in [6.07, 6.45) is 4.49. The highest BCUT2D eigenvalue weighted by atomic mass is 16.6. The van der Waals surface area contributed by atoms with Gasteiger partial charge in [-0.15, -0.1) is 0 Å². The third-order valence-corrected chi connectivity index (χ3v) is 8.45. The molecule has 1 saturated carbocycles. The summed E-state index contributed by atoms with van der Waals surface area (Å²) in [6.45, 7) is 14.2. The van der Waals surface area contributed by atoms with Crippen LogP contribution >= 0.6 is 0 Å². The molecule has 1 heterocycles. The standard InChI is InChI=1S/C34H49N3O5/c1-7-30(26-12-14-28(15-13-26)35-33(39)42-34(3,4)5)36-31-21-27(20-29(23(31)2)32(38)40-6)25-10-8-24(9-11-25)22-37-16-18-41-19-17-37/h8-11,20-21,26,28,30,36H,7,12-19,22H2,1-6H3,(H,35,39). The smallest absolute Gasteiger partial charge is 0.407 e. The molecule has 2 aliphatic rings. The van der Waals surface area contributed by atoms with Gasteiger partial charge in [0, 0.05) is 37.4 Å². The number of ether oxygens (including phenoxy) is 3. The summed E-state index contributed by atoms with van der Waals surface area (Å²) in [7, 11) is 1.43.